The Bertz CT molecular complexity index is 644. The molecule has 2 heterocycles. The lowest BCUT2D eigenvalue weighted by atomic mass is 9.93. The second-order valence-corrected chi connectivity index (χ2v) is 6.38. The zero-order valence-corrected chi connectivity index (χ0v) is 14.0. The number of fused-ring (bicyclic) bond motifs is 1. The first-order chi connectivity index (χ1) is 11.5. The third-order valence-electron chi connectivity index (χ3n) is 4.17. The molecule has 3 rings (SSSR count). The van der Waals surface area contributed by atoms with E-state index in [4.69, 9.17) is 14.2 Å². The summed E-state index contributed by atoms with van der Waals surface area (Å²) in [5.74, 6) is 1.30. The molecule has 7 nitrogen and oxygen atoms in total. The van der Waals surface area contributed by atoms with Crippen molar-refractivity contribution in [2.75, 3.05) is 32.9 Å². The van der Waals surface area contributed by atoms with E-state index in [1.807, 2.05) is 32.0 Å². The van der Waals surface area contributed by atoms with Crippen LogP contribution in [0.1, 0.15) is 25.8 Å². The highest BCUT2D eigenvalue weighted by Gasteiger charge is 2.27. The van der Waals surface area contributed by atoms with Crippen molar-refractivity contribution < 1.29 is 23.8 Å². The minimum absolute atomic E-state index is 0.116. The van der Waals surface area contributed by atoms with Crippen molar-refractivity contribution in [3.8, 4) is 11.5 Å². The largest absolute Gasteiger partial charge is 0.486 e. The molecule has 0 aliphatic carbocycles. The maximum Gasteiger partial charge on any atom is 0.409 e. The van der Waals surface area contributed by atoms with Gasteiger partial charge < -0.3 is 24.4 Å². The molecule has 2 aliphatic heterocycles. The topological polar surface area (TPSA) is 77.1 Å². The van der Waals surface area contributed by atoms with Gasteiger partial charge in [-0.1, -0.05) is 6.07 Å². The number of amides is 2. The number of nitrogens with one attached hydrogen (secondary N) is 1. The number of hydrogen-bond donors (Lipinski definition) is 1. The molecule has 0 unspecified atom stereocenters. The first kappa shape index (κ1) is 16.4. The third-order valence-corrected chi connectivity index (χ3v) is 4.17. The molecule has 1 aromatic rings. The third kappa shape index (κ3) is 3.55. The Morgan fingerprint density at radius 2 is 1.92 bits per heavy atom. The molecule has 130 valence electrons. The van der Waals surface area contributed by atoms with E-state index in [-0.39, 0.29) is 18.4 Å². The van der Waals surface area contributed by atoms with Gasteiger partial charge in [0.15, 0.2) is 11.5 Å². The van der Waals surface area contributed by atoms with Crippen molar-refractivity contribution in [1.29, 1.82) is 0 Å². The molecule has 1 N–H and O–H groups in total. The molecule has 0 spiro atoms. The van der Waals surface area contributed by atoms with Crippen LogP contribution in [0.3, 0.4) is 0 Å². The number of cyclic esters (lactones) is 1. The number of rotatable bonds is 5. The molecule has 0 saturated carbocycles. The highest BCUT2D eigenvalue weighted by atomic mass is 16.6. The molecule has 1 fully saturated rings. The maximum absolute atomic E-state index is 12.2. The fourth-order valence-electron chi connectivity index (χ4n) is 2.78. The lowest BCUT2D eigenvalue weighted by Crippen LogP contribution is -2.42. The van der Waals surface area contributed by atoms with Crippen LogP contribution >= 0.6 is 0 Å². The zero-order chi connectivity index (χ0) is 17.2. The van der Waals surface area contributed by atoms with Crippen LogP contribution in [0.25, 0.3) is 0 Å². The normalized spacial score (nSPS) is 16.8. The molecule has 0 atom stereocenters. The highest BCUT2D eigenvalue weighted by Crippen LogP contribution is 2.34. The SMILES string of the molecule is CC(C)(NC(=O)CCN1CCOC1=O)c1ccc2c(c1)OCCO2. The van der Waals surface area contributed by atoms with Gasteiger partial charge in [-0.3, -0.25) is 4.79 Å². The minimum atomic E-state index is -0.557. The van der Waals surface area contributed by atoms with Gasteiger partial charge >= 0.3 is 6.09 Å². The number of carbonyl (C=O) groups is 2. The van der Waals surface area contributed by atoms with Crippen LogP contribution in [0.15, 0.2) is 18.2 Å². The van der Waals surface area contributed by atoms with Gasteiger partial charge in [0.25, 0.3) is 0 Å². The summed E-state index contributed by atoms with van der Waals surface area (Å²) >= 11 is 0. The Labute approximate surface area is 140 Å². The Morgan fingerprint density at radius 1 is 1.17 bits per heavy atom. The van der Waals surface area contributed by atoms with Gasteiger partial charge in [0.1, 0.15) is 19.8 Å². The Kier molecular flexibility index (Phi) is 4.51. The van der Waals surface area contributed by atoms with Crippen LogP contribution in [0.5, 0.6) is 11.5 Å². The van der Waals surface area contributed by atoms with Gasteiger partial charge in [-0.15, -0.1) is 0 Å². The molecular weight excluding hydrogens is 312 g/mol. The molecular formula is C17H22N2O5. The van der Waals surface area contributed by atoms with E-state index >= 15 is 0 Å². The average Bonchev–Trinajstić information content (AvgIpc) is 2.97. The summed E-state index contributed by atoms with van der Waals surface area (Å²) in [5.41, 5.74) is 0.374. The predicted molar refractivity (Wildman–Crippen MR) is 86.1 cm³/mol. The summed E-state index contributed by atoms with van der Waals surface area (Å²) in [6, 6.07) is 5.68. The van der Waals surface area contributed by atoms with Crippen molar-refractivity contribution in [3.05, 3.63) is 23.8 Å². The van der Waals surface area contributed by atoms with E-state index in [0.29, 0.717) is 38.7 Å². The highest BCUT2D eigenvalue weighted by molar-refractivity contribution is 5.78. The molecule has 0 aromatic heterocycles. The van der Waals surface area contributed by atoms with Crippen LogP contribution in [0.2, 0.25) is 0 Å². The zero-order valence-electron chi connectivity index (χ0n) is 14.0. The molecule has 1 saturated heterocycles. The van der Waals surface area contributed by atoms with Crippen LogP contribution in [0, 0.1) is 0 Å². The van der Waals surface area contributed by atoms with Crippen molar-refractivity contribution in [1.82, 2.24) is 10.2 Å². The van der Waals surface area contributed by atoms with Crippen molar-refractivity contribution in [2.24, 2.45) is 0 Å². The number of benzene rings is 1. The Morgan fingerprint density at radius 3 is 2.62 bits per heavy atom. The van der Waals surface area contributed by atoms with E-state index in [1.54, 1.807) is 0 Å². The quantitative estimate of drug-likeness (QED) is 0.886. The summed E-state index contributed by atoms with van der Waals surface area (Å²) in [6.45, 7) is 6.23. The lowest BCUT2D eigenvalue weighted by molar-refractivity contribution is -0.122. The number of nitrogens with zero attached hydrogens (tertiary/aromatic N) is 1. The molecule has 0 bridgehead atoms. The van der Waals surface area contributed by atoms with E-state index in [1.165, 1.54) is 4.90 Å². The number of ether oxygens (including phenoxy) is 3. The van der Waals surface area contributed by atoms with Crippen LogP contribution in [-0.2, 0) is 15.1 Å². The summed E-state index contributed by atoms with van der Waals surface area (Å²) in [6.07, 6.45) is -0.114. The van der Waals surface area contributed by atoms with Crippen LogP contribution in [-0.4, -0.2) is 49.8 Å². The monoisotopic (exact) mass is 334 g/mol. The smallest absolute Gasteiger partial charge is 0.409 e. The van der Waals surface area contributed by atoms with E-state index in [2.05, 4.69) is 5.32 Å². The molecule has 24 heavy (non-hydrogen) atoms. The second-order valence-electron chi connectivity index (χ2n) is 6.38. The first-order valence-electron chi connectivity index (χ1n) is 8.08. The van der Waals surface area contributed by atoms with Gasteiger partial charge in [0, 0.05) is 13.0 Å². The molecule has 1 aromatic carbocycles. The maximum atomic E-state index is 12.2. The van der Waals surface area contributed by atoms with Gasteiger partial charge in [-0.25, -0.2) is 4.79 Å². The molecule has 2 aliphatic rings. The van der Waals surface area contributed by atoms with Crippen molar-refractivity contribution in [2.45, 2.75) is 25.8 Å². The van der Waals surface area contributed by atoms with Crippen LogP contribution < -0.4 is 14.8 Å². The molecule has 2 amide bonds. The van der Waals surface area contributed by atoms with Crippen LogP contribution in [0.4, 0.5) is 4.79 Å². The van der Waals surface area contributed by atoms with E-state index < -0.39 is 5.54 Å². The van der Waals surface area contributed by atoms with E-state index in [0.717, 1.165) is 11.3 Å². The van der Waals surface area contributed by atoms with Gasteiger partial charge in [-0.2, -0.15) is 0 Å². The Balaban J connectivity index is 1.60. The Hall–Kier alpha value is -2.44. The summed E-state index contributed by atoms with van der Waals surface area (Å²) in [7, 11) is 0. The fraction of sp³-hybridized carbons (Fsp3) is 0.529. The number of carbonyl (C=O) groups excluding carboxylic acids is 2. The average molecular weight is 334 g/mol. The van der Waals surface area contributed by atoms with Gasteiger partial charge in [-0.05, 0) is 31.5 Å². The fourth-order valence-corrected chi connectivity index (χ4v) is 2.78. The molecule has 7 heteroatoms. The van der Waals surface area contributed by atoms with E-state index in [9.17, 15) is 9.59 Å². The standard InChI is InChI=1S/C17H22N2O5/c1-17(2,12-3-4-13-14(11-12)23-10-9-22-13)18-15(20)5-6-19-7-8-24-16(19)21/h3-4,11H,5-10H2,1-2H3,(H,18,20). The predicted octanol–water partition coefficient (Wildman–Crippen LogP) is 1.65. The van der Waals surface area contributed by atoms with Gasteiger partial charge in [0.2, 0.25) is 5.91 Å². The summed E-state index contributed by atoms with van der Waals surface area (Å²) in [4.78, 5) is 25.2. The first-order valence-corrected chi connectivity index (χ1v) is 8.08. The van der Waals surface area contributed by atoms with Crippen molar-refractivity contribution >= 4 is 12.0 Å². The molecule has 0 radical (unpaired) electrons. The number of hydrogen-bond acceptors (Lipinski definition) is 5. The summed E-state index contributed by atoms with van der Waals surface area (Å²) < 4.78 is 16.0. The summed E-state index contributed by atoms with van der Waals surface area (Å²) in [5, 5.41) is 3.00. The second kappa shape index (κ2) is 6.59. The minimum Gasteiger partial charge on any atom is -0.486 e. The van der Waals surface area contributed by atoms with Crippen molar-refractivity contribution in [3.63, 3.8) is 0 Å². The van der Waals surface area contributed by atoms with Gasteiger partial charge in [0.05, 0.1) is 12.1 Å². The lowest BCUT2D eigenvalue weighted by Gasteiger charge is -2.29.